The average molecular weight is 551 g/mol. The van der Waals surface area contributed by atoms with Gasteiger partial charge in [-0.3, -0.25) is 9.36 Å². The molecule has 1 aliphatic rings. The normalized spacial score (nSPS) is 15.2. The highest BCUT2D eigenvalue weighted by Gasteiger charge is 2.33. The second kappa shape index (κ2) is 12.3. The van der Waals surface area contributed by atoms with Crippen molar-refractivity contribution in [2.24, 2.45) is 4.99 Å². The number of ether oxygens (including phenoxy) is 3. The Morgan fingerprint density at radius 1 is 1.15 bits per heavy atom. The molecule has 4 rings (SSSR count). The zero-order chi connectivity index (χ0) is 28.1. The molecule has 206 valence electrons. The lowest BCUT2D eigenvalue weighted by Gasteiger charge is -2.25. The lowest BCUT2D eigenvalue weighted by Crippen LogP contribution is -2.40. The van der Waals surface area contributed by atoms with E-state index in [9.17, 15) is 14.7 Å². The summed E-state index contributed by atoms with van der Waals surface area (Å²) in [6, 6.07) is 11.7. The van der Waals surface area contributed by atoms with Crippen LogP contribution in [0, 0.1) is 0 Å². The number of carbonyl (C=O) groups excluding carboxylic acids is 1. The summed E-state index contributed by atoms with van der Waals surface area (Å²) in [4.78, 5) is 32.2. The summed E-state index contributed by atoms with van der Waals surface area (Å²) >= 11 is 1.24. The van der Waals surface area contributed by atoms with Gasteiger partial charge in [0.1, 0.15) is 5.75 Å². The molecular formula is C30H34N2O6S. The molecule has 0 spiro atoms. The van der Waals surface area contributed by atoms with Crippen LogP contribution in [-0.4, -0.2) is 35.0 Å². The molecule has 1 aliphatic heterocycles. The van der Waals surface area contributed by atoms with E-state index in [-0.39, 0.29) is 17.4 Å². The predicted molar refractivity (Wildman–Crippen MR) is 151 cm³/mol. The molecule has 39 heavy (non-hydrogen) atoms. The molecule has 0 saturated heterocycles. The van der Waals surface area contributed by atoms with Crippen LogP contribution in [0.5, 0.6) is 17.2 Å². The second-order valence-electron chi connectivity index (χ2n) is 9.47. The van der Waals surface area contributed by atoms with Gasteiger partial charge in [-0.15, -0.1) is 0 Å². The number of phenols is 1. The second-order valence-corrected chi connectivity index (χ2v) is 10.5. The molecule has 1 unspecified atom stereocenters. The highest BCUT2D eigenvalue weighted by Crippen LogP contribution is 2.32. The molecule has 1 aromatic heterocycles. The van der Waals surface area contributed by atoms with Gasteiger partial charge in [0.15, 0.2) is 16.3 Å². The number of thiazole rings is 1. The van der Waals surface area contributed by atoms with Gasteiger partial charge in [-0.25, -0.2) is 9.79 Å². The van der Waals surface area contributed by atoms with Crippen molar-refractivity contribution in [2.75, 3.05) is 13.2 Å². The number of nitrogens with zero attached hydrogens (tertiary/aromatic N) is 2. The number of hydrogen-bond donors (Lipinski definition) is 1. The van der Waals surface area contributed by atoms with E-state index in [2.05, 4.69) is 11.9 Å². The summed E-state index contributed by atoms with van der Waals surface area (Å²) in [6.45, 7) is 10.3. The average Bonchev–Trinajstić information content (AvgIpc) is 3.19. The van der Waals surface area contributed by atoms with Crippen LogP contribution in [0.1, 0.15) is 64.6 Å². The monoisotopic (exact) mass is 550 g/mol. The van der Waals surface area contributed by atoms with Gasteiger partial charge in [-0.1, -0.05) is 42.9 Å². The predicted octanol–water partition coefficient (Wildman–Crippen LogP) is 4.47. The van der Waals surface area contributed by atoms with Gasteiger partial charge in [0, 0.05) is 0 Å². The molecule has 0 bridgehead atoms. The Balaban J connectivity index is 1.83. The van der Waals surface area contributed by atoms with Crippen molar-refractivity contribution >= 4 is 23.4 Å². The fourth-order valence-electron chi connectivity index (χ4n) is 4.30. The maximum atomic E-state index is 13.8. The van der Waals surface area contributed by atoms with Crippen LogP contribution in [0.15, 0.2) is 63.5 Å². The number of phenolic OH excluding ortho intramolecular Hbond substituents is 1. The van der Waals surface area contributed by atoms with Gasteiger partial charge in [0.2, 0.25) is 0 Å². The Kier molecular flexibility index (Phi) is 8.91. The first-order valence-corrected chi connectivity index (χ1v) is 14.0. The van der Waals surface area contributed by atoms with Gasteiger partial charge in [0.05, 0.1) is 41.2 Å². The van der Waals surface area contributed by atoms with Crippen LogP contribution in [0.2, 0.25) is 0 Å². The van der Waals surface area contributed by atoms with Crippen LogP contribution in [0.4, 0.5) is 0 Å². The van der Waals surface area contributed by atoms with E-state index >= 15 is 0 Å². The van der Waals surface area contributed by atoms with E-state index in [1.165, 1.54) is 17.4 Å². The number of aromatic nitrogens is 1. The smallest absolute Gasteiger partial charge is 0.338 e. The summed E-state index contributed by atoms with van der Waals surface area (Å²) in [7, 11) is 0. The Morgan fingerprint density at radius 2 is 1.90 bits per heavy atom. The summed E-state index contributed by atoms with van der Waals surface area (Å²) in [5.74, 6) is 0.590. The Morgan fingerprint density at radius 3 is 2.56 bits per heavy atom. The summed E-state index contributed by atoms with van der Waals surface area (Å²) in [5.41, 5.74) is 2.00. The van der Waals surface area contributed by atoms with Crippen molar-refractivity contribution in [1.29, 1.82) is 0 Å². The quantitative estimate of drug-likeness (QED) is 0.295. The lowest BCUT2D eigenvalue weighted by molar-refractivity contribution is -0.143. The van der Waals surface area contributed by atoms with Crippen LogP contribution in [-0.2, 0) is 9.53 Å². The van der Waals surface area contributed by atoms with E-state index in [1.54, 1.807) is 43.5 Å². The SMILES string of the molecule is CCCCOc1ccc(C2C(C(=O)OC(C)C)=C(C)N=c3s/c(=C\c4ccc(O)c(OCC)c4)c(=O)n32)cc1. The summed E-state index contributed by atoms with van der Waals surface area (Å²) in [5, 5.41) is 10.1. The van der Waals surface area contributed by atoms with Crippen molar-refractivity contribution in [3.8, 4) is 17.2 Å². The molecule has 0 fully saturated rings. The molecule has 2 aromatic carbocycles. The van der Waals surface area contributed by atoms with Gasteiger partial charge < -0.3 is 19.3 Å². The number of aromatic hydroxyl groups is 1. The minimum Gasteiger partial charge on any atom is -0.504 e. The van der Waals surface area contributed by atoms with Crippen LogP contribution >= 0.6 is 11.3 Å². The first-order valence-electron chi connectivity index (χ1n) is 13.2. The van der Waals surface area contributed by atoms with Gasteiger partial charge in [0.25, 0.3) is 5.56 Å². The molecule has 2 heterocycles. The van der Waals surface area contributed by atoms with Gasteiger partial charge >= 0.3 is 5.97 Å². The molecule has 0 radical (unpaired) electrons. The Labute approximate surface area is 231 Å². The Bertz CT molecular complexity index is 1550. The van der Waals surface area contributed by atoms with E-state index in [0.29, 0.717) is 45.1 Å². The number of esters is 1. The molecule has 1 atom stereocenters. The molecule has 0 saturated carbocycles. The summed E-state index contributed by atoms with van der Waals surface area (Å²) < 4.78 is 18.9. The van der Waals surface area contributed by atoms with Crippen molar-refractivity contribution in [1.82, 2.24) is 4.57 Å². The minimum absolute atomic E-state index is 0.0292. The topological polar surface area (TPSA) is 99.4 Å². The molecule has 9 heteroatoms. The van der Waals surface area contributed by atoms with Crippen molar-refractivity contribution in [2.45, 2.75) is 59.6 Å². The van der Waals surface area contributed by atoms with Crippen LogP contribution in [0.25, 0.3) is 6.08 Å². The van der Waals surface area contributed by atoms with E-state index < -0.39 is 12.0 Å². The molecular weight excluding hydrogens is 516 g/mol. The maximum absolute atomic E-state index is 13.8. The standard InChI is InChI=1S/C30H34N2O6S/c1-6-8-15-37-22-12-10-21(11-13-22)27-26(29(35)38-18(3)4)19(5)31-30-32(27)28(34)25(39-30)17-20-9-14-23(33)24(16-20)36-7-2/h9-14,16-18,27,33H,6-8,15H2,1-5H3/b25-17-. The number of hydrogen-bond acceptors (Lipinski definition) is 8. The largest absolute Gasteiger partial charge is 0.504 e. The highest BCUT2D eigenvalue weighted by atomic mass is 32.1. The fourth-order valence-corrected chi connectivity index (χ4v) is 5.35. The highest BCUT2D eigenvalue weighted by molar-refractivity contribution is 7.07. The van der Waals surface area contributed by atoms with E-state index in [4.69, 9.17) is 14.2 Å². The third-order valence-corrected chi connectivity index (χ3v) is 7.11. The van der Waals surface area contributed by atoms with Crippen LogP contribution in [0.3, 0.4) is 0 Å². The molecule has 0 amide bonds. The summed E-state index contributed by atoms with van der Waals surface area (Å²) in [6.07, 6.45) is 3.40. The number of rotatable bonds is 10. The maximum Gasteiger partial charge on any atom is 0.338 e. The van der Waals surface area contributed by atoms with Crippen molar-refractivity contribution < 1.29 is 24.1 Å². The number of allylic oxidation sites excluding steroid dienone is 1. The number of unbranched alkanes of at least 4 members (excludes halogenated alkanes) is 1. The zero-order valence-electron chi connectivity index (χ0n) is 22.9. The Hall–Kier alpha value is -3.85. The van der Waals surface area contributed by atoms with Gasteiger partial charge in [-0.2, -0.15) is 0 Å². The van der Waals surface area contributed by atoms with Crippen molar-refractivity contribution in [3.63, 3.8) is 0 Å². The third-order valence-electron chi connectivity index (χ3n) is 6.13. The van der Waals surface area contributed by atoms with Crippen LogP contribution < -0.4 is 24.4 Å². The van der Waals surface area contributed by atoms with E-state index in [0.717, 1.165) is 24.2 Å². The molecule has 3 aromatic rings. The molecule has 8 nitrogen and oxygen atoms in total. The zero-order valence-corrected chi connectivity index (χ0v) is 23.7. The lowest BCUT2D eigenvalue weighted by atomic mass is 9.96. The first kappa shape index (κ1) is 28.2. The number of fused-ring (bicyclic) bond motifs is 1. The third kappa shape index (κ3) is 6.25. The first-order chi connectivity index (χ1) is 18.7. The minimum atomic E-state index is -0.710. The molecule has 1 N–H and O–H groups in total. The molecule has 0 aliphatic carbocycles. The van der Waals surface area contributed by atoms with E-state index in [1.807, 2.05) is 31.2 Å². The fraction of sp³-hybridized carbons (Fsp3) is 0.367. The number of benzene rings is 2. The van der Waals surface area contributed by atoms with Crippen molar-refractivity contribution in [3.05, 3.63) is 84.5 Å². The van der Waals surface area contributed by atoms with Gasteiger partial charge in [-0.05, 0) is 75.6 Å². The number of carbonyl (C=O) groups is 1.